The number of hydrogen-bond acceptors (Lipinski definition) is 2. The van der Waals surface area contributed by atoms with Gasteiger partial charge in [0.25, 0.3) is 0 Å². The highest BCUT2D eigenvalue weighted by molar-refractivity contribution is 4.88. The summed E-state index contributed by atoms with van der Waals surface area (Å²) in [6.45, 7) is 8.07. The Labute approximate surface area is 238 Å². The molecular weight excluding hydrogens is 464 g/mol. The molecule has 0 saturated carbocycles. The van der Waals surface area contributed by atoms with Gasteiger partial charge in [0, 0.05) is 26.0 Å². The van der Waals surface area contributed by atoms with Crippen molar-refractivity contribution >= 4 is 0 Å². The fourth-order valence-corrected chi connectivity index (χ4v) is 5.31. The lowest BCUT2D eigenvalue weighted by Crippen LogP contribution is -2.23. The summed E-state index contributed by atoms with van der Waals surface area (Å²) in [7, 11) is 4.22. The van der Waals surface area contributed by atoms with Gasteiger partial charge in [0.15, 0.2) is 0 Å². The molecule has 2 rings (SSSR count). The molecule has 222 valence electrons. The van der Waals surface area contributed by atoms with Gasteiger partial charge in [-0.3, -0.25) is 0 Å². The minimum Gasteiger partial charge on any atom is -0.362 e. The topological polar surface area (TPSA) is 15.3 Å². The van der Waals surface area contributed by atoms with Gasteiger partial charge in [-0.15, -0.1) is 0 Å². The van der Waals surface area contributed by atoms with Crippen LogP contribution in [0.3, 0.4) is 0 Å². The number of unbranched alkanes of at least 4 members (excludes halogenated alkanes) is 20. The van der Waals surface area contributed by atoms with Gasteiger partial charge in [-0.05, 0) is 19.3 Å². The predicted molar refractivity (Wildman–Crippen MR) is 167 cm³/mol. The van der Waals surface area contributed by atoms with Crippen molar-refractivity contribution in [3.05, 3.63) is 31.1 Å². The van der Waals surface area contributed by atoms with Crippen molar-refractivity contribution in [2.45, 2.75) is 162 Å². The fourth-order valence-electron chi connectivity index (χ4n) is 5.31. The normalized spacial score (nSPS) is 12.8. The summed E-state index contributed by atoms with van der Waals surface area (Å²) >= 11 is 0. The third kappa shape index (κ3) is 21.5. The minimum atomic E-state index is 1.08. The molecule has 0 bridgehead atoms. The molecule has 0 spiro atoms. The minimum absolute atomic E-state index is 1.08. The molecule has 4 heteroatoms. The van der Waals surface area contributed by atoms with E-state index in [9.17, 15) is 0 Å². The highest BCUT2D eigenvalue weighted by Gasteiger charge is 2.06. The molecule has 0 N–H and O–H groups in total. The second-order valence-corrected chi connectivity index (χ2v) is 11.9. The lowest BCUT2D eigenvalue weighted by atomic mass is 10.1. The second-order valence-electron chi connectivity index (χ2n) is 11.9. The van der Waals surface area contributed by atoms with Gasteiger partial charge in [0.05, 0.1) is 20.3 Å². The summed E-state index contributed by atoms with van der Waals surface area (Å²) in [6, 6.07) is 0. The van der Waals surface area contributed by atoms with Crippen LogP contribution < -0.4 is 4.57 Å². The number of aromatic nitrogens is 2. The Balaban J connectivity index is 0.000000382. The van der Waals surface area contributed by atoms with Crippen LogP contribution in [0.4, 0.5) is 0 Å². The van der Waals surface area contributed by atoms with E-state index in [1.165, 1.54) is 154 Å². The molecule has 0 atom stereocenters. The zero-order chi connectivity index (χ0) is 27.5. The Morgan fingerprint density at radius 1 is 0.553 bits per heavy atom. The molecule has 1 aliphatic heterocycles. The molecule has 0 fully saturated rings. The molecule has 1 aromatic rings. The molecule has 1 aromatic heterocycles. The van der Waals surface area contributed by atoms with Crippen LogP contribution in [0.1, 0.15) is 155 Å². The lowest BCUT2D eigenvalue weighted by molar-refractivity contribution is -0.671. The van der Waals surface area contributed by atoms with Crippen LogP contribution in [0.5, 0.6) is 0 Å². The first-order chi connectivity index (χ1) is 18.7. The quantitative estimate of drug-likeness (QED) is 0.0974. The van der Waals surface area contributed by atoms with Crippen molar-refractivity contribution in [2.24, 2.45) is 7.05 Å². The number of aryl methyl sites for hydroxylation is 2. The monoisotopic (exact) mass is 532 g/mol. The van der Waals surface area contributed by atoms with Gasteiger partial charge in [0.1, 0.15) is 12.4 Å². The average molecular weight is 532 g/mol. The summed E-state index contributed by atoms with van der Waals surface area (Å²) < 4.78 is 4.40. The standard InChI is InChI=1S/C18H35N2.C16H32N2/c1-3-4-5-6-7-8-9-10-11-12-13-14-15-20-17-16-19(2)18-20;1-3-4-5-6-7-8-9-10-11-12-13-18-15-14-17(2)16-18/h16-18H,3-15H2,1-2H3;14-15H,3-13,16H2,1-2H3/q+1;. The average Bonchev–Trinajstić information content (AvgIpc) is 3.53. The molecule has 1 aliphatic rings. The van der Waals surface area contributed by atoms with E-state index in [1.807, 2.05) is 0 Å². The van der Waals surface area contributed by atoms with Gasteiger partial charge >= 0.3 is 0 Å². The van der Waals surface area contributed by atoms with Gasteiger partial charge < -0.3 is 9.80 Å². The molecule has 38 heavy (non-hydrogen) atoms. The first-order valence-electron chi connectivity index (χ1n) is 16.8. The van der Waals surface area contributed by atoms with Crippen molar-refractivity contribution < 1.29 is 4.57 Å². The first kappa shape index (κ1) is 34.6. The molecule has 2 heterocycles. The number of imidazole rings is 1. The van der Waals surface area contributed by atoms with Crippen LogP contribution in [0.15, 0.2) is 31.1 Å². The van der Waals surface area contributed by atoms with Crippen molar-refractivity contribution in [2.75, 3.05) is 20.3 Å². The zero-order valence-corrected chi connectivity index (χ0v) is 26.4. The van der Waals surface area contributed by atoms with Gasteiger partial charge in [-0.1, -0.05) is 136 Å². The molecule has 0 aliphatic carbocycles. The Kier molecular flexibility index (Phi) is 23.5. The lowest BCUT2D eigenvalue weighted by Gasteiger charge is -2.17. The van der Waals surface area contributed by atoms with E-state index < -0.39 is 0 Å². The van der Waals surface area contributed by atoms with Crippen LogP contribution in [-0.4, -0.2) is 34.6 Å². The fraction of sp³-hybridized carbons (Fsp3) is 0.853. The maximum atomic E-state index is 2.41. The molecule has 0 unspecified atom stereocenters. The Morgan fingerprint density at radius 2 is 0.974 bits per heavy atom. The summed E-state index contributed by atoms with van der Waals surface area (Å²) in [5, 5.41) is 0. The van der Waals surface area contributed by atoms with E-state index in [0.29, 0.717) is 0 Å². The van der Waals surface area contributed by atoms with Crippen LogP contribution in [0, 0.1) is 0 Å². The summed E-state index contributed by atoms with van der Waals surface area (Å²) in [5.74, 6) is 0. The second kappa shape index (κ2) is 25.8. The largest absolute Gasteiger partial charge is 0.362 e. The number of rotatable bonds is 24. The number of nitrogens with zero attached hydrogens (tertiary/aromatic N) is 4. The van der Waals surface area contributed by atoms with Crippen molar-refractivity contribution in [1.29, 1.82) is 0 Å². The first-order valence-corrected chi connectivity index (χ1v) is 16.8. The van der Waals surface area contributed by atoms with E-state index in [-0.39, 0.29) is 0 Å². The summed E-state index contributed by atoms with van der Waals surface area (Å²) in [4.78, 5) is 4.64. The van der Waals surface area contributed by atoms with E-state index >= 15 is 0 Å². The van der Waals surface area contributed by atoms with Crippen LogP contribution in [-0.2, 0) is 13.6 Å². The van der Waals surface area contributed by atoms with Crippen LogP contribution in [0.2, 0.25) is 0 Å². The predicted octanol–water partition coefficient (Wildman–Crippen LogP) is 9.60. The Bertz CT molecular complexity index is 638. The van der Waals surface area contributed by atoms with Crippen molar-refractivity contribution in [3.63, 3.8) is 0 Å². The summed E-state index contributed by atoms with van der Waals surface area (Å²) in [5.41, 5.74) is 0. The molecule has 0 radical (unpaired) electrons. The summed E-state index contributed by atoms with van der Waals surface area (Å²) in [6.07, 6.45) is 42.2. The molecule has 0 saturated heterocycles. The molecule has 0 amide bonds. The highest BCUT2D eigenvalue weighted by atomic mass is 15.3. The number of hydrogen-bond donors (Lipinski definition) is 0. The molecular formula is C34H67N4+. The molecule has 0 aromatic carbocycles. The molecule has 4 nitrogen and oxygen atoms in total. The zero-order valence-electron chi connectivity index (χ0n) is 26.4. The van der Waals surface area contributed by atoms with Crippen LogP contribution >= 0.6 is 0 Å². The van der Waals surface area contributed by atoms with Gasteiger partial charge in [-0.25, -0.2) is 9.13 Å². The maximum absolute atomic E-state index is 2.41. The Morgan fingerprint density at radius 3 is 1.34 bits per heavy atom. The highest BCUT2D eigenvalue weighted by Crippen LogP contribution is 2.13. The third-order valence-electron chi connectivity index (χ3n) is 7.83. The SMILES string of the molecule is CCCCCCCCCCCCCCn1cc[n+](C)c1.CCCCCCCCCCCCN1C=CN(C)C1. The van der Waals surface area contributed by atoms with E-state index in [1.54, 1.807) is 0 Å². The van der Waals surface area contributed by atoms with Crippen LogP contribution in [0.25, 0.3) is 0 Å². The maximum Gasteiger partial charge on any atom is 0.243 e. The van der Waals surface area contributed by atoms with E-state index in [2.05, 4.69) is 78.0 Å². The van der Waals surface area contributed by atoms with E-state index in [4.69, 9.17) is 0 Å². The van der Waals surface area contributed by atoms with Gasteiger partial charge in [0.2, 0.25) is 6.33 Å². The van der Waals surface area contributed by atoms with Crippen molar-refractivity contribution in [1.82, 2.24) is 14.4 Å². The Hall–Kier alpha value is -1.45. The smallest absolute Gasteiger partial charge is 0.243 e. The van der Waals surface area contributed by atoms with Gasteiger partial charge in [-0.2, -0.15) is 0 Å². The van der Waals surface area contributed by atoms with E-state index in [0.717, 1.165) is 6.67 Å². The third-order valence-corrected chi connectivity index (χ3v) is 7.83. The van der Waals surface area contributed by atoms with Crippen molar-refractivity contribution in [3.8, 4) is 0 Å².